The van der Waals surface area contributed by atoms with Crippen molar-refractivity contribution in [2.75, 3.05) is 11.9 Å². The maximum atomic E-state index is 3.48. The highest BCUT2D eigenvalue weighted by Gasteiger charge is 2.35. The molecule has 1 N–H and O–H groups in total. The predicted molar refractivity (Wildman–Crippen MR) is 105 cm³/mol. The molecule has 1 nitrogen and oxygen atoms in total. The van der Waals surface area contributed by atoms with Crippen molar-refractivity contribution in [1.82, 2.24) is 0 Å². The fraction of sp³-hybridized carbons (Fsp3) is 0.167. The average Bonchev–Trinajstić information content (AvgIpc) is 3.16. The Morgan fingerprint density at radius 2 is 1.60 bits per heavy atom. The molecule has 5 rings (SSSR count). The van der Waals surface area contributed by atoms with Gasteiger partial charge in [-0.2, -0.15) is 0 Å². The smallest absolute Gasteiger partial charge is 0.0425 e. The van der Waals surface area contributed by atoms with Gasteiger partial charge in [0.25, 0.3) is 0 Å². The van der Waals surface area contributed by atoms with Crippen molar-refractivity contribution >= 4 is 11.8 Å². The largest absolute Gasteiger partial charge is 0.384 e. The molecule has 0 amide bonds. The summed E-state index contributed by atoms with van der Waals surface area (Å²) in [6.07, 6.45) is 6.84. The first-order valence-electron chi connectivity index (χ1n) is 9.05. The highest BCUT2D eigenvalue weighted by Crippen LogP contribution is 2.42. The van der Waals surface area contributed by atoms with Gasteiger partial charge < -0.3 is 5.32 Å². The Kier molecular flexibility index (Phi) is 3.27. The summed E-state index contributed by atoms with van der Waals surface area (Å²) in [5.74, 6) is 0. The normalized spacial score (nSPS) is 20.6. The van der Waals surface area contributed by atoms with Crippen LogP contribution in [-0.4, -0.2) is 6.54 Å². The van der Waals surface area contributed by atoms with E-state index in [1.165, 1.54) is 33.5 Å². The lowest BCUT2D eigenvalue weighted by molar-refractivity contribution is 0.632. The van der Waals surface area contributed by atoms with E-state index in [0.717, 1.165) is 19.4 Å². The number of fused-ring (bicyclic) bond motifs is 2. The van der Waals surface area contributed by atoms with Gasteiger partial charge in [-0.3, -0.25) is 0 Å². The van der Waals surface area contributed by atoms with Crippen molar-refractivity contribution in [2.24, 2.45) is 0 Å². The molecule has 0 saturated carbocycles. The second-order valence-electron chi connectivity index (χ2n) is 7.10. The summed E-state index contributed by atoms with van der Waals surface area (Å²) in [5.41, 5.74) is 8.18. The van der Waals surface area contributed by atoms with Crippen LogP contribution >= 0.6 is 0 Å². The predicted octanol–water partition coefficient (Wildman–Crippen LogP) is 5.21. The lowest BCUT2D eigenvalue weighted by Crippen LogP contribution is -2.30. The molecule has 1 heteroatoms. The molecule has 1 atom stereocenters. The third kappa shape index (κ3) is 2.31. The van der Waals surface area contributed by atoms with E-state index < -0.39 is 0 Å². The molecule has 0 fully saturated rings. The van der Waals surface area contributed by atoms with Crippen molar-refractivity contribution in [2.45, 2.75) is 18.3 Å². The third-order valence-corrected chi connectivity index (χ3v) is 5.69. The average molecular weight is 323 g/mol. The molecule has 25 heavy (non-hydrogen) atoms. The Labute approximate surface area is 149 Å². The van der Waals surface area contributed by atoms with Crippen molar-refractivity contribution in [3.8, 4) is 0 Å². The molecule has 0 aromatic heterocycles. The SMILES string of the molecule is C1=CC(c2ccccc2)(c2ccc3c(c2)CCN3)Cc2ccccc21. The molecule has 0 bridgehead atoms. The second kappa shape index (κ2) is 5.63. The van der Waals surface area contributed by atoms with Gasteiger partial charge in [0.2, 0.25) is 0 Å². The fourth-order valence-corrected chi connectivity index (χ4v) is 4.33. The summed E-state index contributed by atoms with van der Waals surface area (Å²) >= 11 is 0. The van der Waals surface area contributed by atoms with Gasteiger partial charge in [0.05, 0.1) is 0 Å². The molecule has 1 aliphatic heterocycles. The first-order chi connectivity index (χ1) is 12.4. The standard InChI is InChI=1S/C24H21N/c1-2-8-21(9-3-1)24(14-12-18-6-4-5-7-20(18)17-24)22-10-11-23-19(16-22)13-15-25-23/h1-12,14,16,25H,13,15,17H2. The minimum atomic E-state index is -0.0900. The zero-order valence-corrected chi connectivity index (χ0v) is 14.2. The lowest BCUT2D eigenvalue weighted by atomic mass is 9.67. The molecule has 0 radical (unpaired) electrons. The van der Waals surface area contributed by atoms with Gasteiger partial charge in [-0.15, -0.1) is 0 Å². The Bertz CT molecular complexity index is 955. The van der Waals surface area contributed by atoms with Gasteiger partial charge in [0.1, 0.15) is 0 Å². The molecule has 0 spiro atoms. The van der Waals surface area contributed by atoms with E-state index in [0.29, 0.717) is 0 Å². The molecule has 122 valence electrons. The lowest BCUT2D eigenvalue weighted by Gasteiger charge is -2.36. The third-order valence-electron chi connectivity index (χ3n) is 5.69. The quantitative estimate of drug-likeness (QED) is 0.682. The van der Waals surface area contributed by atoms with E-state index in [2.05, 4.69) is 90.3 Å². The first-order valence-corrected chi connectivity index (χ1v) is 9.05. The highest BCUT2D eigenvalue weighted by molar-refractivity contribution is 5.66. The van der Waals surface area contributed by atoms with E-state index >= 15 is 0 Å². The monoisotopic (exact) mass is 323 g/mol. The molecule has 0 saturated heterocycles. The molecule has 2 aliphatic rings. The molecule has 1 heterocycles. The summed E-state index contributed by atoms with van der Waals surface area (Å²) in [4.78, 5) is 0. The van der Waals surface area contributed by atoms with Gasteiger partial charge in [-0.05, 0) is 46.7 Å². The number of hydrogen-bond donors (Lipinski definition) is 1. The van der Waals surface area contributed by atoms with Crippen molar-refractivity contribution in [3.05, 3.63) is 107 Å². The fourth-order valence-electron chi connectivity index (χ4n) is 4.33. The summed E-state index contributed by atoms with van der Waals surface area (Å²) in [5, 5.41) is 3.48. The maximum Gasteiger partial charge on any atom is 0.0425 e. The minimum Gasteiger partial charge on any atom is -0.384 e. The van der Waals surface area contributed by atoms with Crippen LogP contribution in [0.1, 0.15) is 27.8 Å². The molecule has 3 aromatic carbocycles. The van der Waals surface area contributed by atoms with Crippen LogP contribution in [0, 0.1) is 0 Å². The number of rotatable bonds is 2. The Morgan fingerprint density at radius 3 is 2.52 bits per heavy atom. The van der Waals surface area contributed by atoms with Crippen molar-refractivity contribution in [3.63, 3.8) is 0 Å². The number of allylic oxidation sites excluding steroid dienone is 1. The van der Waals surface area contributed by atoms with Gasteiger partial charge in [-0.25, -0.2) is 0 Å². The van der Waals surface area contributed by atoms with Crippen LogP contribution in [0.3, 0.4) is 0 Å². The minimum absolute atomic E-state index is 0.0900. The van der Waals surface area contributed by atoms with Crippen LogP contribution in [0.4, 0.5) is 5.69 Å². The van der Waals surface area contributed by atoms with Crippen LogP contribution in [0.25, 0.3) is 6.08 Å². The van der Waals surface area contributed by atoms with Crippen LogP contribution < -0.4 is 5.32 Å². The number of nitrogens with one attached hydrogen (secondary N) is 1. The Hall–Kier alpha value is -2.80. The van der Waals surface area contributed by atoms with Gasteiger partial charge in [0.15, 0.2) is 0 Å². The van der Waals surface area contributed by atoms with E-state index in [9.17, 15) is 0 Å². The molecular formula is C24H21N. The summed E-state index contributed by atoms with van der Waals surface area (Å²) in [6, 6.07) is 26.7. The summed E-state index contributed by atoms with van der Waals surface area (Å²) in [7, 11) is 0. The Morgan fingerprint density at radius 1 is 0.760 bits per heavy atom. The summed E-state index contributed by atoms with van der Waals surface area (Å²) in [6.45, 7) is 1.05. The number of benzene rings is 3. The van der Waals surface area contributed by atoms with Crippen molar-refractivity contribution in [1.29, 1.82) is 0 Å². The van der Waals surface area contributed by atoms with Crippen LogP contribution in [0.2, 0.25) is 0 Å². The zero-order valence-electron chi connectivity index (χ0n) is 14.2. The second-order valence-corrected chi connectivity index (χ2v) is 7.10. The zero-order chi connectivity index (χ0) is 16.7. The van der Waals surface area contributed by atoms with E-state index in [1.807, 2.05) is 0 Å². The van der Waals surface area contributed by atoms with Gasteiger partial charge in [-0.1, -0.05) is 78.9 Å². The maximum absolute atomic E-state index is 3.48. The van der Waals surface area contributed by atoms with Crippen LogP contribution in [0.15, 0.2) is 78.9 Å². The topological polar surface area (TPSA) is 12.0 Å². The summed E-state index contributed by atoms with van der Waals surface area (Å²) < 4.78 is 0. The van der Waals surface area contributed by atoms with E-state index in [4.69, 9.17) is 0 Å². The van der Waals surface area contributed by atoms with Crippen molar-refractivity contribution < 1.29 is 0 Å². The number of hydrogen-bond acceptors (Lipinski definition) is 1. The molecule has 1 unspecified atom stereocenters. The van der Waals surface area contributed by atoms with Crippen LogP contribution in [-0.2, 0) is 18.3 Å². The molecular weight excluding hydrogens is 302 g/mol. The van der Waals surface area contributed by atoms with E-state index in [1.54, 1.807) is 0 Å². The Balaban J connectivity index is 1.71. The van der Waals surface area contributed by atoms with Crippen LogP contribution in [0.5, 0.6) is 0 Å². The van der Waals surface area contributed by atoms with E-state index in [-0.39, 0.29) is 5.41 Å². The van der Waals surface area contributed by atoms with Gasteiger partial charge in [0, 0.05) is 17.6 Å². The molecule has 3 aromatic rings. The number of anilines is 1. The first kappa shape index (κ1) is 14.5. The highest BCUT2D eigenvalue weighted by atomic mass is 14.9. The molecule has 1 aliphatic carbocycles. The van der Waals surface area contributed by atoms with Gasteiger partial charge >= 0.3 is 0 Å².